The molecule has 0 saturated carbocycles. The Morgan fingerprint density at radius 2 is 2.16 bits per heavy atom. The lowest BCUT2D eigenvalue weighted by Crippen LogP contribution is -2.29. The molecule has 0 spiro atoms. The number of nitrogens with zero attached hydrogens (tertiary/aromatic N) is 1. The van der Waals surface area contributed by atoms with Gasteiger partial charge in [0.15, 0.2) is 0 Å². The summed E-state index contributed by atoms with van der Waals surface area (Å²) < 4.78 is 30.3. The third kappa shape index (κ3) is 4.13. The van der Waals surface area contributed by atoms with Gasteiger partial charge in [-0.3, -0.25) is 0 Å². The van der Waals surface area contributed by atoms with E-state index >= 15 is 0 Å². The minimum absolute atomic E-state index is 0.0664. The molecule has 19 heavy (non-hydrogen) atoms. The highest BCUT2D eigenvalue weighted by atomic mass is 32.2. The Kier molecular flexibility index (Phi) is 4.68. The van der Waals surface area contributed by atoms with E-state index in [4.69, 9.17) is 16.7 Å². The van der Waals surface area contributed by atoms with Gasteiger partial charge in [0.1, 0.15) is 12.7 Å². The minimum Gasteiger partial charge on any atom is -0.448 e. The van der Waals surface area contributed by atoms with Gasteiger partial charge in [-0.15, -0.1) is 0 Å². The summed E-state index contributed by atoms with van der Waals surface area (Å²) in [7, 11) is -3.88. The summed E-state index contributed by atoms with van der Waals surface area (Å²) in [6.45, 7) is -0.355. The maximum absolute atomic E-state index is 11.9. The lowest BCUT2D eigenvalue weighted by Gasteiger charge is -2.08. The molecule has 0 aromatic heterocycles. The molecular formula is C10H12N4O4S. The molecule has 0 unspecified atom stereocenters. The number of carbonyl (C=O) groups excluding carboxylic acids is 1. The van der Waals surface area contributed by atoms with E-state index in [0.29, 0.717) is 0 Å². The van der Waals surface area contributed by atoms with Crippen molar-refractivity contribution in [2.45, 2.75) is 4.90 Å². The van der Waals surface area contributed by atoms with Crippen molar-refractivity contribution < 1.29 is 17.9 Å². The molecule has 5 N–H and O–H groups in total. The van der Waals surface area contributed by atoms with Crippen molar-refractivity contribution in [1.29, 1.82) is 5.26 Å². The van der Waals surface area contributed by atoms with E-state index in [-0.39, 0.29) is 29.3 Å². The second-order valence-corrected chi connectivity index (χ2v) is 5.17. The number of anilines is 1. The molecule has 1 rings (SSSR count). The van der Waals surface area contributed by atoms with E-state index in [1.807, 2.05) is 0 Å². The van der Waals surface area contributed by atoms with Gasteiger partial charge in [-0.1, -0.05) is 0 Å². The number of primary amides is 1. The van der Waals surface area contributed by atoms with E-state index in [1.54, 1.807) is 6.07 Å². The van der Waals surface area contributed by atoms with Gasteiger partial charge in [-0.25, -0.2) is 17.9 Å². The first-order valence-electron chi connectivity index (χ1n) is 5.08. The number of ether oxygens (including phenoxy) is 1. The summed E-state index contributed by atoms with van der Waals surface area (Å²) in [4.78, 5) is 10.1. The van der Waals surface area contributed by atoms with Crippen LogP contribution in [0.2, 0.25) is 0 Å². The zero-order chi connectivity index (χ0) is 14.5. The van der Waals surface area contributed by atoms with Crippen LogP contribution in [0.3, 0.4) is 0 Å². The largest absolute Gasteiger partial charge is 0.448 e. The van der Waals surface area contributed by atoms with Crippen LogP contribution in [0.4, 0.5) is 10.5 Å². The van der Waals surface area contributed by atoms with Crippen molar-refractivity contribution >= 4 is 21.8 Å². The highest BCUT2D eigenvalue weighted by Gasteiger charge is 2.18. The number of benzene rings is 1. The average molecular weight is 284 g/mol. The summed E-state index contributed by atoms with van der Waals surface area (Å²) in [5.74, 6) is 0. The van der Waals surface area contributed by atoms with Crippen molar-refractivity contribution in [3.8, 4) is 6.07 Å². The molecule has 0 radical (unpaired) electrons. The molecule has 9 heteroatoms. The Balaban J connectivity index is 2.84. The molecule has 0 aliphatic heterocycles. The zero-order valence-corrected chi connectivity index (χ0v) is 10.6. The van der Waals surface area contributed by atoms with Crippen LogP contribution in [-0.2, 0) is 14.8 Å². The van der Waals surface area contributed by atoms with E-state index in [9.17, 15) is 13.2 Å². The minimum atomic E-state index is -3.88. The number of nitrogens with one attached hydrogen (secondary N) is 1. The van der Waals surface area contributed by atoms with Crippen molar-refractivity contribution in [1.82, 2.24) is 4.72 Å². The van der Waals surface area contributed by atoms with Crippen LogP contribution >= 0.6 is 0 Å². The Bertz CT molecular complexity index is 621. The summed E-state index contributed by atoms with van der Waals surface area (Å²) in [6.07, 6.45) is -0.996. The van der Waals surface area contributed by atoms with Crippen LogP contribution in [0.5, 0.6) is 0 Å². The predicted octanol–water partition coefficient (Wildman–Crippen LogP) is -0.486. The number of hydrogen-bond acceptors (Lipinski definition) is 6. The Hall–Kier alpha value is -2.31. The van der Waals surface area contributed by atoms with Crippen molar-refractivity contribution in [2.75, 3.05) is 18.9 Å². The smallest absolute Gasteiger partial charge is 0.404 e. The van der Waals surface area contributed by atoms with Crippen molar-refractivity contribution in [3.63, 3.8) is 0 Å². The lowest BCUT2D eigenvalue weighted by atomic mass is 10.2. The molecule has 0 atom stereocenters. The monoisotopic (exact) mass is 284 g/mol. The third-order valence-electron chi connectivity index (χ3n) is 2.05. The van der Waals surface area contributed by atoms with E-state index < -0.39 is 16.1 Å². The molecule has 102 valence electrons. The van der Waals surface area contributed by atoms with Crippen LogP contribution in [-0.4, -0.2) is 27.7 Å². The maximum Gasteiger partial charge on any atom is 0.404 e. The molecule has 1 amide bonds. The molecule has 0 aliphatic rings. The average Bonchev–Trinajstić information content (AvgIpc) is 2.34. The maximum atomic E-state index is 11.9. The second-order valence-electron chi connectivity index (χ2n) is 3.43. The van der Waals surface area contributed by atoms with Crippen LogP contribution in [0, 0.1) is 11.3 Å². The number of hydrogen-bond donors (Lipinski definition) is 3. The molecule has 0 aliphatic carbocycles. The summed E-state index contributed by atoms with van der Waals surface area (Å²) in [5.41, 5.74) is 10.4. The summed E-state index contributed by atoms with van der Waals surface area (Å²) >= 11 is 0. The number of carbonyl (C=O) groups is 1. The van der Waals surface area contributed by atoms with Gasteiger partial charge in [0, 0.05) is 12.2 Å². The van der Waals surface area contributed by atoms with Crippen molar-refractivity contribution in [3.05, 3.63) is 23.8 Å². The normalized spacial score (nSPS) is 10.7. The van der Waals surface area contributed by atoms with Gasteiger partial charge in [0.25, 0.3) is 0 Å². The Morgan fingerprint density at radius 3 is 2.74 bits per heavy atom. The number of nitrogens with two attached hydrogens (primary N) is 2. The highest BCUT2D eigenvalue weighted by Crippen LogP contribution is 2.17. The summed E-state index contributed by atoms with van der Waals surface area (Å²) in [6, 6.07) is 5.60. The fraction of sp³-hybridized carbons (Fsp3) is 0.200. The fourth-order valence-electron chi connectivity index (χ4n) is 1.27. The van der Waals surface area contributed by atoms with E-state index in [1.165, 1.54) is 18.2 Å². The van der Waals surface area contributed by atoms with Gasteiger partial charge in [0.05, 0.1) is 10.5 Å². The van der Waals surface area contributed by atoms with Crippen molar-refractivity contribution in [2.24, 2.45) is 5.73 Å². The van der Waals surface area contributed by atoms with Gasteiger partial charge in [0.2, 0.25) is 10.0 Å². The van der Waals surface area contributed by atoms with Crippen LogP contribution in [0.15, 0.2) is 23.1 Å². The number of rotatable bonds is 5. The van der Waals surface area contributed by atoms with Crippen LogP contribution in [0.1, 0.15) is 5.56 Å². The third-order valence-corrected chi connectivity index (χ3v) is 3.57. The summed E-state index contributed by atoms with van der Waals surface area (Å²) in [5, 5.41) is 8.87. The SMILES string of the molecule is N#Cc1cc(N)ccc1S(=O)(=O)NCCOC(N)=O. The quantitative estimate of drug-likeness (QED) is 0.491. The van der Waals surface area contributed by atoms with Gasteiger partial charge >= 0.3 is 6.09 Å². The number of sulfonamides is 1. The zero-order valence-electron chi connectivity index (χ0n) is 9.79. The predicted molar refractivity (Wildman–Crippen MR) is 66.3 cm³/mol. The Morgan fingerprint density at radius 1 is 1.47 bits per heavy atom. The molecular weight excluding hydrogens is 272 g/mol. The standard InChI is InChI=1S/C10H12N4O4S/c11-6-7-5-8(12)1-2-9(7)19(16,17)14-3-4-18-10(13)15/h1-2,5,14H,3-4,12H2,(H2,13,15). The van der Waals surface area contributed by atoms with Gasteiger partial charge in [-0.05, 0) is 18.2 Å². The molecule has 0 bridgehead atoms. The molecule has 0 heterocycles. The first kappa shape index (κ1) is 14.7. The molecule has 0 fully saturated rings. The van der Waals surface area contributed by atoms with Gasteiger partial charge < -0.3 is 16.2 Å². The van der Waals surface area contributed by atoms with Crippen LogP contribution in [0.25, 0.3) is 0 Å². The number of nitrogen functional groups attached to an aromatic ring is 1. The number of nitriles is 1. The van der Waals surface area contributed by atoms with E-state index in [0.717, 1.165) is 0 Å². The molecule has 8 nitrogen and oxygen atoms in total. The second kappa shape index (κ2) is 6.03. The molecule has 1 aromatic carbocycles. The number of amides is 1. The molecule has 1 aromatic rings. The fourth-order valence-corrected chi connectivity index (χ4v) is 2.42. The van der Waals surface area contributed by atoms with Crippen LogP contribution < -0.4 is 16.2 Å². The first-order chi connectivity index (χ1) is 8.86. The topological polar surface area (TPSA) is 148 Å². The highest BCUT2D eigenvalue weighted by molar-refractivity contribution is 7.89. The first-order valence-corrected chi connectivity index (χ1v) is 6.56. The lowest BCUT2D eigenvalue weighted by molar-refractivity contribution is 0.159. The van der Waals surface area contributed by atoms with Gasteiger partial charge in [-0.2, -0.15) is 5.26 Å². The molecule has 0 saturated heterocycles. The van der Waals surface area contributed by atoms with E-state index in [2.05, 4.69) is 9.46 Å². The Labute approximate surface area is 110 Å².